The van der Waals surface area contributed by atoms with Gasteiger partial charge in [0.1, 0.15) is 0 Å². The Balaban J connectivity index is 2.21. The van der Waals surface area contributed by atoms with Gasteiger partial charge in [0.05, 0.1) is 6.04 Å². The van der Waals surface area contributed by atoms with Gasteiger partial charge >= 0.3 is 6.03 Å². The third-order valence-electron chi connectivity index (χ3n) is 2.96. The highest BCUT2D eigenvalue weighted by Gasteiger charge is 2.13. The van der Waals surface area contributed by atoms with Crippen molar-refractivity contribution in [3.05, 3.63) is 30.3 Å². The van der Waals surface area contributed by atoms with Crippen LogP contribution in [0.25, 0.3) is 0 Å². The fourth-order valence-electron chi connectivity index (χ4n) is 1.77. The number of nitrogens with zero attached hydrogens (tertiary/aromatic N) is 1. The molecule has 0 heterocycles. The van der Waals surface area contributed by atoms with Gasteiger partial charge in [-0.1, -0.05) is 18.2 Å². The van der Waals surface area contributed by atoms with Crippen molar-refractivity contribution in [1.82, 2.24) is 10.6 Å². The van der Waals surface area contributed by atoms with Crippen LogP contribution in [0.1, 0.15) is 13.3 Å². The highest BCUT2D eigenvalue weighted by Crippen LogP contribution is 2.10. The van der Waals surface area contributed by atoms with Crippen molar-refractivity contribution < 1.29 is 9.59 Å². The summed E-state index contributed by atoms with van der Waals surface area (Å²) in [6, 6.07) is 8.82. The van der Waals surface area contributed by atoms with Crippen molar-refractivity contribution in [3.63, 3.8) is 0 Å². The van der Waals surface area contributed by atoms with Crippen LogP contribution in [-0.2, 0) is 4.79 Å². The first-order valence-electron chi connectivity index (χ1n) is 6.60. The Morgan fingerprint density at radius 3 is 2.55 bits per heavy atom. The average Bonchev–Trinajstić information content (AvgIpc) is 2.43. The van der Waals surface area contributed by atoms with Gasteiger partial charge in [0.25, 0.3) is 0 Å². The number of imide groups is 1. The van der Waals surface area contributed by atoms with Crippen LogP contribution in [0.15, 0.2) is 30.3 Å². The van der Waals surface area contributed by atoms with Gasteiger partial charge < -0.3 is 16.0 Å². The van der Waals surface area contributed by atoms with Crippen LogP contribution in [0.4, 0.5) is 10.5 Å². The molecule has 0 spiro atoms. The maximum absolute atomic E-state index is 11.4. The molecule has 0 fully saturated rings. The van der Waals surface area contributed by atoms with E-state index in [1.54, 1.807) is 6.92 Å². The number of hydrogen-bond donors (Lipinski definition) is 3. The monoisotopic (exact) mass is 278 g/mol. The summed E-state index contributed by atoms with van der Waals surface area (Å²) in [4.78, 5) is 24.1. The van der Waals surface area contributed by atoms with Crippen LogP contribution in [0.5, 0.6) is 0 Å². The van der Waals surface area contributed by atoms with Gasteiger partial charge in [0.15, 0.2) is 0 Å². The number of nitrogens with two attached hydrogens (primary N) is 1. The van der Waals surface area contributed by atoms with Gasteiger partial charge in [-0.2, -0.15) is 0 Å². The largest absolute Gasteiger partial charge is 0.375 e. The number of para-hydroxylation sites is 1. The summed E-state index contributed by atoms with van der Waals surface area (Å²) in [5, 5.41) is 5.09. The van der Waals surface area contributed by atoms with E-state index in [9.17, 15) is 9.59 Å². The standard InChI is InChI=1S/C14H22N4O2/c1-11(13(19)17-14(15)20)16-9-6-10-18(2)12-7-4-3-5-8-12/h3-5,7-8,11,16H,6,9-10H2,1-2H3,(H3,15,17,19,20). The summed E-state index contributed by atoms with van der Waals surface area (Å²) >= 11 is 0. The molecule has 0 radical (unpaired) electrons. The van der Waals surface area contributed by atoms with Crippen molar-refractivity contribution in [3.8, 4) is 0 Å². The summed E-state index contributed by atoms with van der Waals surface area (Å²) in [7, 11) is 2.03. The number of carbonyl (C=O) groups is 2. The smallest absolute Gasteiger partial charge is 0.318 e. The van der Waals surface area contributed by atoms with Crippen molar-refractivity contribution in [2.24, 2.45) is 5.73 Å². The Labute approximate surface area is 119 Å². The van der Waals surface area contributed by atoms with Crippen molar-refractivity contribution in [1.29, 1.82) is 0 Å². The second kappa shape index (κ2) is 8.16. The number of benzene rings is 1. The quantitative estimate of drug-likeness (QED) is 0.640. The fourth-order valence-corrected chi connectivity index (χ4v) is 1.77. The Morgan fingerprint density at radius 2 is 1.95 bits per heavy atom. The number of hydrogen-bond acceptors (Lipinski definition) is 4. The summed E-state index contributed by atoms with van der Waals surface area (Å²) < 4.78 is 0. The van der Waals surface area contributed by atoms with E-state index in [4.69, 9.17) is 5.73 Å². The first-order valence-corrected chi connectivity index (χ1v) is 6.60. The van der Waals surface area contributed by atoms with E-state index in [0.29, 0.717) is 6.54 Å². The number of carbonyl (C=O) groups excluding carboxylic acids is 2. The second-order valence-electron chi connectivity index (χ2n) is 4.64. The van der Waals surface area contributed by atoms with Gasteiger partial charge in [-0.25, -0.2) is 4.79 Å². The second-order valence-corrected chi connectivity index (χ2v) is 4.64. The van der Waals surface area contributed by atoms with Crippen molar-refractivity contribution in [2.75, 3.05) is 25.0 Å². The fraction of sp³-hybridized carbons (Fsp3) is 0.429. The van der Waals surface area contributed by atoms with Gasteiger partial charge in [-0.05, 0) is 32.0 Å². The number of amides is 3. The number of anilines is 1. The molecule has 1 rings (SSSR count). The number of nitrogens with one attached hydrogen (secondary N) is 2. The van der Waals surface area contributed by atoms with Crippen LogP contribution in [0, 0.1) is 0 Å². The molecule has 0 aliphatic carbocycles. The molecule has 1 aromatic carbocycles. The van der Waals surface area contributed by atoms with Gasteiger partial charge in [-0.15, -0.1) is 0 Å². The average molecular weight is 278 g/mol. The summed E-state index contributed by atoms with van der Waals surface area (Å²) in [5.74, 6) is -0.408. The molecule has 0 saturated heterocycles. The van der Waals surface area contributed by atoms with Gasteiger partial charge in [-0.3, -0.25) is 10.1 Å². The predicted octanol–water partition coefficient (Wildman–Crippen LogP) is 0.686. The van der Waals surface area contributed by atoms with Crippen LogP contribution in [-0.4, -0.2) is 38.1 Å². The predicted molar refractivity (Wildman–Crippen MR) is 79.5 cm³/mol. The topological polar surface area (TPSA) is 87.5 Å². The van der Waals surface area contributed by atoms with Gasteiger partial charge in [0, 0.05) is 19.3 Å². The SMILES string of the molecule is CC(NCCCN(C)c1ccccc1)C(=O)NC(N)=O. The number of urea groups is 1. The lowest BCUT2D eigenvalue weighted by molar-refractivity contribution is -0.121. The molecular formula is C14H22N4O2. The minimum atomic E-state index is -0.826. The molecule has 1 atom stereocenters. The maximum Gasteiger partial charge on any atom is 0.318 e. The Bertz CT molecular complexity index is 436. The molecule has 0 saturated carbocycles. The van der Waals surface area contributed by atoms with Crippen molar-refractivity contribution >= 4 is 17.6 Å². The first kappa shape index (κ1) is 16.0. The molecule has 0 bridgehead atoms. The zero-order valence-corrected chi connectivity index (χ0v) is 11.9. The van der Waals surface area contributed by atoms with Crippen LogP contribution in [0.2, 0.25) is 0 Å². The lowest BCUT2D eigenvalue weighted by Gasteiger charge is -2.20. The minimum Gasteiger partial charge on any atom is -0.375 e. The van der Waals surface area contributed by atoms with Crippen LogP contribution >= 0.6 is 0 Å². The molecule has 0 aliphatic heterocycles. The van der Waals surface area contributed by atoms with E-state index in [-0.39, 0.29) is 0 Å². The molecule has 110 valence electrons. The van der Waals surface area contributed by atoms with E-state index < -0.39 is 18.0 Å². The molecule has 6 heteroatoms. The van der Waals surface area contributed by atoms with E-state index in [2.05, 4.69) is 22.3 Å². The zero-order chi connectivity index (χ0) is 15.0. The van der Waals surface area contributed by atoms with Crippen LogP contribution < -0.4 is 21.3 Å². The molecule has 20 heavy (non-hydrogen) atoms. The Morgan fingerprint density at radius 1 is 1.30 bits per heavy atom. The lowest BCUT2D eigenvalue weighted by atomic mass is 10.2. The lowest BCUT2D eigenvalue weighted by Crippen LogP contribution is -2.46. The third kappa shape index (κ3) is 5.71. The molecule has 0 aliphatic rings. The molecule has 1 unspecified atom stereocenters. The zero-order valence-electron chi connectivity index (χ0n) is 11.9. The van der Waals surface area contributed by atoms with E-state index in [1.165, 1.54) is 0 Å². The molecule has 0 aromatic heterocycles. The minimum absolute atomic E-state index is 0.408. The Kier molecular flexibility index (Phi) is 6.52. The highest BCUT2D eigenvalue weighted by molar-refractivity contribution is 5.96. The van der Waals surface area contributed by atoms with Crippen molar-refractivity contribution in [2.45, 2.75) is 19.4 Å². The van der Waals surface area contributed by atoms with E-state index in [0.717, 1.165) is 18.7 Å². The number of primary amides is 1. The molecule has 4 N–H and O–H groups in total. The third-order valence-corrected chi connectivity index (χ3v) is 2.96. The summed E-state index contributed by atoms with van der Waals surface area (Å²) in [6.07, 6.45) is 0.888. The van der Waals surface area contributed by atoms with Gasteiger partial charge in [0.2, 0.25) is 5.91 Å². The normalized spacial score (nSPS) is 11.7. The van der Waals surface area contributed by atoms with Crippen LogP contribution in [0.3, 0.4) is 0 Å². The van der Waals surface area contributed by atoms with E-state index in [1.807, 2.05) is 30.6 Å². The Hall–Kier alpha value is -2.08. The summed E-state index contributed by atoms with van der Waals surface area (Å²) in [5.41, 5.74) is 6.04. The van der Waals surface area contributed by atoms with E-state index >= 15 is 0 Å². The molecule has 1 aromatic rings. The highest BCUT2D eigenvalue weighted by atomic mass is 16.2. The molecular weight excluding hydrogens is 256 g/mol. The summed E-state index contributed by atoms with van der Waals surface area (Å²) in [6.45, 7) is 3.25. The first-order chi connectivity index (χ1) is 9.50. The molecule has 3 amide bonds. The molecule has 6 nitrogen and oxygen atoms in total. The maximum atomic E-state index is 11.4. The number of rotatable bonds is 7.